The minimum absolute atomic E-state index is 0.146. The molecule has 2 nitrogen and oxygen atoms in total. The highest BCUT2D eigenvalue weighted by Crippen LogP contribution is 2.35. The lowest BCUT2D eigenvalue weighted by atomic mass is 10.1. The van der Waals surface area contributed by atoms with Gasteiger partial charge < -0.3 is 4.90 Å². The highest BCUT2D eigenvalue weighted by atomic mass is 35.5. The third-order valence-electron chi connectivity index (χ3n) is 3.30. The summed E-state index contributed by atoms with van der Waals surface area (Å²) >= 11 is 5.88. The molecular weight excluding hydrogens is 234 g/mol. The highest BCUT2D eigenvalue weighted by Gasteiger charge is 2.35. The fraction of sp³-hybridized carbons (Fsp3) is 0.500. The summed E-state index contributed by atoms with van der Waals surface area (Å²) in [5.41, 5.74) is 1.16. The van der Waals surface area contributed by atoms with Crippen molar-refractivity contribution in [3.8, 4) is 0 Å². The molecule has 1 saturated carbocycles. The van der Waals surface area contributed by atoms with Crippen molar-refractivity contribution in [1.29, 1.82) is 0 Å². The Morgan fingerprint density at radius 3 is 2.47 bits per heavy atom. The summed E-state index contributed by atoms with van der Waals surface area (Å²) in [6.45, 7) is 4.02. The Morgan fingerprint density at radius 2 is 2.00 bits per heavy atom. The normalized spacial score (nSPS) is 16.6. The molecule has 17 heavy (non-hydrogen) atoms. The van der Waals surface area contributed by atoms with Gasteiger partial charge in [0.15, 0.2) is 0 Å². The Kier molecular flexibility index (Phi) is 3.72. The average molecular weight is 252 g/mol. The summed E-state index contributed by atoms with van der Waals surface area (Å²) < 4.78 is 0. The van der Waals surface area contributed by atoms with Crippen molar-refractivity contribution in [1.82, 2.24) is 4.90 Å². The number of hydrogen-bond acceptors (Lipinski definition) is 1. The predicted molar refractivity (Wildman–Crippen MR) is 70.0 cm³/mol. The van der Waals surface area contributed by atoms with Crippen molar-refractivity contribution in [2.24, 2.45) is 0 Å². The van der Waals surface area contributed by atoms with Crippen molar-refractivity contribution in [3.63, 3.8) is 0 Å². The van der Waals surface area contributed by atoms with Crippen LogP contribution in [0.15, 0.2) is 24.3 Å². The number of benzene rings is 1. The summed E-state index contributed by atoms with van der Waals surface area (Å²) in [7, 11) is 0. The molecule has 0 radical (unpaired) electrons. The van der Waals surface area contributed by atoms with E-state index in [0.29, 0.717) is 12.5 Å². The minimum atomic E-state index is 0.146. The van der Waals surface area contributed by atoms with Gasteiger partial charge >= 0.3 is 0 Å². The Bertz CT molecular complexity index is 397. The fourth-order valence-electron chi connectivity index (χ4n) is 2.17. The van der Waals surface area contributed by atoms with E-state index in [4.69, 9.17) is 11.6 Å². The first kappa shape index (κ1) is 12.4. The molecule has 1 amide bonds. The molecule has 0 bridgehead atoms. The molecular formula is C14H18ClNO. The second kappa shape index (κ2) is 5.09. The largest absolute Gasteiger partial charge is 0.333 e. The topological polar surface area (TPSA) is 20.3 Å². The van der Waals surface area contributed by atoms with Crippen LogP contribution in [0.5, 0.6) is 0 Å². The molecule has 1 atom stereocenters. The molecule has 3 heteroatoms. The molecule has 0 heterocycles. The molecule has 1 unspecified atom stereocenters. The van der Waals surface area contributed by atoms with E-state index in [1.165, 1.54) is 0 Å². The number of hydrogen-bond donors (Lipinski definition) is 0. The maximum atomic E-state index is 12.0. The van der Waals surface area contributed by atoms with Crippen molar-refractivity contribution in [2.75, 3.05) is 0 Å². The Labute approximate surface area is 108 Å². The quantitative estimate of drug-likeness (QED) is 0.797. The van der Waals surface area contributed by atoms with Gasteiger partial charge in [-0.15, -0.1) is 0 Å². The molecule has 1 aromatic rings. The number of halogens is 1. The van der Waals surface area contributed by atoms with Gasteiger partial charge in [-0.05, 0) is 37.5 Å². The van der Waals surface area contributed by atoms with Crippen molar-refractivity contribution >= 4 is 17.5 Å². The SMILES string of the molecule is CCC(=O)N(C1CC1)C(C)c1ccc(Cl)cc1. The predicted octanol–water partition coefficient (Wildman–Crippen LogP) is 3.80. The van der Waals surface area contributed by atoms with Gasteiger partial charge in [0.25, 0.3) is 0 Å². The first-order chi connectivity index (χ1) is 8.13. The zero-order chi connectivity index (χ0) is 12.4. The number of amides is 1. The third kappa shape index (κ3) is 2.81. The van der Waals surface area contributed by atoms with Crippen LogP contribution < -0.4 is 0 Å². The molecule has 1 fully saturated rings. The van der Waals surface area contributed by atoms with Gasteiger partial charge in [-0.25, -0.2) is 0 Å². The lowest BCUT2D eigenvalue weighted by molar-refractivity contribution is -0.133. The first-order valence-electron chi connectivity index (χ1n) is 6.20. The van der Waals surface area contributed by atoms with Gasteiger partial charge in [-0.3, -0.25) is 4.79 Å². The molecule has 2 rings (SSSR count). The second-order valence-electron chi connectivity index (χ2n) is 4.61. The highest BCUT2D eigenvalue weighted by molar-refractivity contribution is 6.30. The van der Waals surface area contributed by atoms with Crippen LogP contribution in [0.4, 0.5) is 0 Å². The zero-order valence-corrected chi connectivity index (χ0v) is 11.1. The number of carbonyl (C=O) groups excluding carboxylic acids is 1. The van der Waals surface area contributed by atoms with Gasteiger partial charge in [-0.1, -0.05) is 30.7 Å². The molecule has 0 saturated heterocycles. The molecule has 0 N–H and O–H groups in total. The maximum absolute atomic E-state index is 12.0. The first-order valence-corrected chi connectivity index (χ1v) is 6.58. The van der Waals surface area contributed by atoms with Gasteiger partial charge in [0.05, 0.1) is 6.04 Å². The molecule has 0 aromatic heterocycles. The van der Waals surface area contributed by atoms with E-state index in [-0.39, 0.29) is 11.9 Å². The van der Waals surface area contributed by atoms with Crippen LogP contribution in [0.1, 0.15) is 44.7 Å². The van der Waals surface area contributed by atoms with Gasteiger partial charge in [0.2, 0.25) is 5.91 Å². The third-order valence-corrected chi connectivity index (χ3v) is 3.55. The summed E-state index contributed by atoms with van der Waals surface area (Å²) in [4.78, 5) is 14.0. The monoisotopic (exact) mass is 251 g/mol. The van der Waals surface area contributed by atoms with Crippen LogP contribution in [-0.4, -0.2) is 16.8 Å². The summed E-state index contributed by atoms with van der Waals surface area (Å²) in [6.07, 6.45) is 2.86. The van der Waals surface area contributed by atoms with Gasteiger partial charge in [0, 0.05) is 17.5 Å². The molecule has 0 spiro atoms. The summed E-state index contributed by atoms with van der Waals surface area (Å²) in [6, 6.07) is 8.38. The Balaban J connectivity index is 2.18. The Hall–Kier alpha value is -1.02. The van der Waals surface area contributed by atoms with Crippen molar-refractivity contribution in [2.45, 2.75) is 45.2 Å². The van der Waals surface area contributed by atoms with Gasteiger partial charge in [-0.2, -0.15) is 0 Å². The lowest BCUT2D eigenvalue weighted by Crippen LogP contribution is -2.34. The molecule has 1 aromatic carbocycles. The molecule has 1 aliphatic carbocycles. The van der Waals surface area contributed by atoms with E-state index in [1.54, 1.807) is 0 Å². The number of carbonyl (C=O) groups is 1. The van der Waals surface area contributed by atoms with E-state index in [2.05, 4.69) is 6.92 Å². The molecule has 92 valence electrons. The van der Waals surface area contributed by atoms with Crippen LogP contribution in [0.2, 0.25) is 5.02 Å². The smallest absolute Gasteiger partial charge is 0.223 e. The average Bonchev–Trinajstić information content (AvgIpc) is 3.14. The Morgan fingerprint density at radius 1 is 1.41 bits per heavy atom. The van der Waals surface area contributed by atoms with Crippen LogP contribution in [0.3, 0.4) is 0 Å². The minimum Gasteiger partial charge on any atom is -0.333 e. The summed E-state index contributed by atoms with van der Waals surface area (Å²) in [5.74, 6) is 0.245. The van der Waals surface area contributed by atoms with Crippen molar-refractivity contribution in [3.05, 3.63) is 34.9 Å². The summed E-state index contributed by atoms with van der Waals surface area (Å²) in [5, 5.41) is 0.737. The zero-order valence-electron chi connectivity index (χ0n) is 10.3. The fourth-order valence-corrected chi connectivity index (χ4v) is 2.30. The van der Waals surface area contributed by atoms with E-state index >= 15 is 0 Å². The van der Waals surface area contributed by atoms with Crippen LogP contribution in [0.25, 0.3) is 0 Å². The van der Waals surface area contributed by atoms with E-state index in [1.807, 2.05) is 36.1 Å². The standard InChI is InChI=1S/C14H18ClNO/c1-3-14(17)16(13-8-9-13)10(2)11-4-6-12(15)7-5-11/h4-7,10,13H,3,8-9H2,1-2H3. The molecule has 1 aliphatic rings. The van der Waals surface area contributed by atoms with Crippen LogP contribution >= 0.6 is 11.6 Å². The van der Waals surface area contributed by atoms with Gasteiger partial charge in [0.1, 0.15) is 0 Å². The maximum Gasteiger partial charge on any atom is 0.223 e. The van der Waals surface area contributed by atoms with E-state index < -0.39 is 0 Å². The van der Waals surface area contributed by atoms with Crippen LogP contribution in [-0.2, 0) is 4.79 Å². The molecule has 0 aliphatic heterocycles. The van der Waals surface area contributed by atoms with E-state index in [0.717, 1.165) is 23.4 Å². The van der Waals surface area contributed by atoms with Crippen LogP contribution in [0, 0.1) is 0 Å². The number of nitrogens with zero attached hydrogens (tertiary/aromatic N) is 1. The van der Waals surface area contributed by atoms with E-state index in [9.17, 15) is 4.79 Å². The lowest BCUT2D eigenvalue weighted by Gasteiger charge is -2.29. The number of rotatable bonds is 4. The second-order valence-corrected chi connectivity index (χ2v) is 5.05. The van der Waals surface area contributed by atoms with Crippen molar-refractivity contribution < 1.29 is 4.79 Å².